The lowest BCUT2D eigenvalue weighted by Crippen LogP contribution is -1.63. The predicted octanol–water partition coefficient (Wildman–Crippen LogP) is 6.03. The average molecular weight is 319 g/mol. The smallest absolute Gasteiger partial charge is 0.0542 e. The molecule has 2 aromatic carbocycles. The molecule has 0 N–H and O–H groups in total. The second-order valence-electron chi connectivity index (χ2n) is 4.00. The van der Waals surface area contributed by atoms with Gasteiger partial charge in [0.1, 0.15) is 0 Å². The predicted molar refractivity (Wildman–Crippen MR) is 82.4 cm³/mol. The van der Waals surface area contributed by atoms with Gasteiger partial charge < -0.3 is 0 Å². The van der Waals surface area contributed by atoms with E-state index in [0.717, 1.165) is 4.47 Å². The molecule has 2 aromatic heterocycles. The van der Waals surface area contributed by atoms with E-state index in [1.807, 2.05) is 22.7 Å². The van der Waals surface area contributed by atoms with Crippen molar-refractivity contribution in [1.82, 2.24) is 0 Å². The highest BCUT2D eigenvalue weighted by Crippen LogP contribution is 2.44. The number of benzene rings is 2. The Morgan fingerprint density at radius 2 is 1.47 bits per heavy atom. The van der Waals surface area contributed by atoms with E-state index in [9.17, 15) is 0 Å². The van der Waals surface area contributed by atoms with E-state index < -0.39 is 0 Å². The first-order valence-electron chi connectivity index (χ1n) is 5.32. The molecule has 2 heterocycles. The van der Waals surface area contributed by atoms with E-state index in [4.69, 9.17) is 0 Å². The molecule has 0 bridgehead atoms. The van der Waals surface area contributed by atoms with Gasteiger partial charge in [0.2, 0.25) is 0 Å². The molecule has 0 aliphatic carbocycles. The van der Waals surface area contributed by atoms with Gasteiger partial charge in [-0.15, -0.1) is 22.7 Å². The van der Waals surface area contributed by atoms with Gasteiger partial charge in [0.05, 0.1) is 9.40 Å². The Bertz CT molecular complexity index is 854. The first-order chi connectivity index (χ1) is 8.33. The summed E-state index contributed by atoms with van der Waals surface area (Å²) in [6, 6.07) is 15.2. The third kappa shape index (κ3) is 1.39. The van der Waals surface area contributed by atoms with Crippen LogP contribution in [0.1, 0.15) is 0 Å². The highest BCUT2D eigenvalue weighted by molar-refractivity contribution is 9.10. The van der Waals surface area contributed by atoms with Crippen LogP contribution in [-0.4, -0.2) is 0 Å². The maximum Gasteiger partial charge on any atom is 0.0542 e. The van der Waals surface area contributed by atoms with Gasteiger partial charge in [-0.05, 0) is 24.3 Å². The molecule has 0 unspecified atom stereocenters. The first-order valence-corrected chi connectivity index (χ1v) is 7.75. The lowest BCUT2D eigenvalue weighted by Gasteiger charge is -1.90. The summed E-state index contributed by atoms with van der Waals surface area (Å²) in [5.74, 6) is 0. The van der Waals surface area contributed by atoms with Crippen LogP contribution in [0.15, 0.2) is 46.9 Å². The zero-order valence-corrected chi connectivity index (χ0v) is 12.0. The van der Waals surface area contributed by atoms with Crippen molar-refractivity contribution in [2.45, 2.75) is 0 Å². The molecule has 4 rings (SSSR count). The number of hydrogen-bond acceptors (Lipinski definition) is 2. The van der Waals surface area contributed by atoms with Crippen molar-refractivity contribution in [3.8, 4) is 0 Å². The van der Waals surface area contributed by atoms with Crippen molar-refractivity contribution in [1.29, 1.82) is 0 Å². The number of halogens is 1. The summed E-state index contributed by atoms with van der Waals surface area (Å²) in [6.07, 6.45) is 0. The monoisotopic (exact) mass is 318 g/mol. The zero-order chi connectivity index (χ0) is 11.4. The van der Waals surface area contributed by atoms with Crippen LogP contribution in [0.3, 0.4) is 0 Å². The third-order valence-electron chi connectivity index (χ3n) is 2.95. The summed E-state index contributed by atoms with van der Waals surface area (Å²) < 4.78 is 6.77. The second-order valence-corrected chi connectivity index (χ2v) is 7.02. The fraction of sp³-hybridized carbons (Fsp3) is 0. The zero-order valence-electron chi connectivity index (χ0n) is 8.74. The Hall–Kier alpha value is -0.900. The Labute approximate surface area is 115 Å². The summed E-state index contributed by atoms with van der Waals surface area (Å²) in [4.78, 5) is 0. The van der Waals surface area contributed by atoms with Gasteiger partial charge in [-0.1, -0.05) is 34.1 Å². The Morgan fingerprint density at radius 1 is 0.765 bits per heavy atom. The van der Waals surface area contributed by atoms with Crippen LogP contribution in [0.2, 0.25) is 0 Å². The number of rotatable bonds is 0. The van der Waals surface area contributed by atoms with Crippen molar-refractivity contribution < 1.29 is 0 Å². The molecule has 0 saturated heterocycles. The number of thiophene rings is 2. The van der Waals surface area contributed by atoms with Gasteiger partial charge in [0.25, 0.3) is 0 Å². The fourth-order valence-electron chi connectivity index (χ4n) is 2.18. The minimum atomic E-state index is 1.15. The second kappa shape index (κ2) is 3.55. The van der Waals surface area contributed by atoms with Crippen molar-refractivity contribution in [2.75, 3.05) is 0 Å². The van der Waals surface area contributed by atoms with Gasteiger partial charge in [-0.2, -0.15) is 0 Å². The van der Waals surface area contributed by atoms with Crippen LogP contribution in [0, 0.1) is 0 Å². The summed E-state index contributed by atoms with van der Waals surface area (Å²) in [5.41, 5.74) is 0. The van der Waals surface area contributed by atoms with Crippen molar-refractivity contribution in [3.63, 3.8) is 0 Å². The molecule has 0 spiro atoms. The molecule has 0 saturated carbocycles. The lowest BCUT2D eigenvalue weighted by molar-refractivity contribution is 1.78. The summed E-state index contributed by atoms with van der Waals surface area (Å²) >= 11 is 7.35. The number of hydrogen-bond donors (Lipinski definition) is 0. The van der Waals surface area contributed by atoms with Crippen LogP contribution in [-0.2, 0) is 0 Å². The Balaban J connectivity index is 2.30. The minimum Gasteiger partial charge on any atom is -0.134 e. The molecule has 0 aliphatic heterocycles. The van der Waals surface area contributed by atoms with Crippen LogP contribution in [0.5, 0.6) is 0 Å². The Kier molecular flexibility index (Phi) is 2.10. The van der Waals surface area contributed by atoms with Crippen LogP contribution >= 0.6 is 38.6 Å². The molecular formula is C14H7BrS2. The van der Waals surface area contributed by atoms with Gasteiger partial charge >= 0.3 is 0 Å². The van der Waals surface area contributed by atoms with Crippen molar-refractivity contribution >= 4 is 68.2 Å². The fourth-order valence-corrected chi connectivity index (χ4v) is 5.16. The molecule has 0 nitrogen and oxygen atoms in total. The SMILES string of the molecule is Brc1ccc2sc3c4ccccc4sc3c2c1. The highest BCUT2D eigenvalue weighted by Gasteiger charge is 2.11. The standard InChI is InChI=1S/C14H7BrS2/c15-8-5-6-12-10(7-8)14-13(17-12)9-3-1-2-4-11(9)16-14/h1-7H. The van der Waals surface area contributed by atoms with Gasteiger partial charge in [0, 0.05) is 24.6 Å². The molecule has 4 aromatic rings. The normalized spacial score (nSPS) is 11.8. The van der Waals surface area contributed by atoms with Crippen LogP contribution < -0.4 is 0 Å². The van der Waals surface area contributed by atoms with Crippen molar-refractivity contribution in [2.24, 2.45) is 0 Å². The van der Waals surface area contributed by atoms with E-state index in [0.29, 0.717) is 0 Å². The van der Waals surface area contributed by atoms with Gasteiger partial charge in [-0.3, -0.25) is 0 Å². The lowest BCUT2D eigenvalue weighted by atomic mass is 10.2. The molecule has 0 amide bonds. The minimum absolute atomic E-state index is 1.15. The molecular weight excluding hydrogens is 312 g/mol. The van der Waals surface area contributed by atoms with E-state index in [-0.39, 0.29) is 0 Å². The molecule has 0 atom stereocenters. The quantitative estimate of drug-likeness (QED) is 0.371. The molecule has 3 heteroatoms. The van der Waals surface area contributed by atoms with E-state index in [1.54, 1.807) is 0 Å². The molecule has 0 fully saturated rings. The van der Waals surface area contributed by atoms with Crippen molar-refractivity contribution in [3.05, 3.63) is 46.9 Å². The maximum absolute atomic E-state index is 3.56. The van der Waals surface area contributed by atoms with Crippen LogP contribution in [0.25, 0.3) is 29.6 Å². The average Bonchev–Trinajstić information content (AvgIpc) is 2.85. The molecule has 17 heavy (non-hydrogen) atoms. The van der Waals surface area contributed by atoms with Gasteiger partial charge in [-0.25, -0.2) is 0 Å². The molecule has 0 aliphatic rings. The largest absolute Gasteiger partial charge is 0.134 e. The molecule has 82 valence electrons. The van der Waals surface area contributed by atoms with Crippen LogP contribution in [0.4, 0.5) is 0 Å². The van der Waals surface area contributed by atoms with E-state index >= 15 is 0 Å². The van der Waals surface area contributed by atoms with E-state index in [2.05, 4.69) is 58.4 Å². The number of fused-ring (bicyclic) bond motifs is 5. The Morgan fingerprint density at radius 3 is 2.35 bits per heavy atom. The summed E-state index contributed by atoms with van der Waals surface area (Å²) in [6.45, 7) is 0. The summed E-state index contributed by atoms with van der Waals surface area (Å²) in [7, 11) is 0. The van der Waals surface area contributed by atoms with Gasteiger partial charge in [0.15, 0.2) is 0 Å². The van der Waals surface area contributed by atoms with E-state index in [1.165, 1.54) is 29.6 Å². The maximum atomic E-state index is 3.56. The molecule has 0 radical (unpaired) electrons. The third-order valence-corrected chi connectivity index (χ3v) is 5.98. The highest BCUT2D eigenvalue weighted by atomic mass is 79.9. The first kappa shape index (κ1) is 10.1. The summed E-state index contributed by atoms with van der Waals surface area (Å²) in [5, 5.41) is 2.77. The topological polar surface area (TPSA) is 0 Å².